The Morgan fingerprint density at radius 1 is 1.12 bits per heavy atom. The zero-order valence-electron chi connectivity index (χ0n) is 14.5. The van der Waals surface area contributed by atoms with E-state index >= 15 is 0 Å². The lowest BCUT2D eigenvalue weighted by Gasteiger charge is -2.25. The van der Waals surface area contributed by atoms with Gasteiger partial charge in [-0.15, -0.1) is 0 Å². The Morgan fingerprint density at radius 3 is 2.50 bits per heavy atom. The lowest BCUT2D eigenvalue weighted by Crippen LogP contribution is -2.29. The summed E-state index contributed by atoms with van der Waals surface area (Å²) in [6, 6.07) is 15.1. The van der Waals surface area contributed by atoms with Crippen molar-refractivity contribution in [2.75, 3.05) is 11.4 Å². The summed E-state index contributed by atoms with van der Waals surface area (Å²) in [4.78, 5) is 13.1. The molecule has 0 aliphatic carbocycles. The summed E-state index contributed by atoms with van der Waals surface area (Å²) in [5, 5.41) is 0. The molecule has 1 fully saturated rings. The molecule has 0 spiro atoms. The fourth-order valence-corrected chi connectivity index (χ4v) is 3.58. The largest absolute Gasteiger partial charge is 0.489 e. The number of nitrogens with zero attached hydrogens (tertiary/aromatic N) is 1. The van der Waals surface area contributed by atoms with E-state index in [0.717, 1.165) is 31.4 Å². The maximum Gasteiger partial charge on any atom is 0.122 e. The van der Waals surface area contributed by atoms with Crippen molar-refractivity contribution in [2.45, 2.75) is 45.8 Å². The highest BCUT2D eigenvalue weighted by Crippen LogP contribution is 2.28. The third kappa shape index (κ3) is 3.97. The lowest BCUT2D eigenvalue weighted by atomic mass is 10.1. The van der Waals surface area contributed by atoms with Crippen LogP contribution in [0.5, 0.6) is 5.75 Å². The first-order valence-corrected chi connectivity index (χ1v) is 8.66. The number of hydrogen-bond donors (Lipinski definition) is 0. The molecular formula is C21H25NO2. The van der Waals surface area contributed by atoms with Crippen LogP contribution < -0.4 is 9.64 Å². The van der Waals surface area contributed by atoms with E-state index in [0.29, 0.717) is 19.1 Å². The van der Waals surface area contributed by atoms with Crippen molar-refractivity contribution in [1.82, 2.24) is 0 Å². The van der Waals surface area contributed by atoms with Crippen LogP contribution in [-0.2, 0) is 11.4 Å². The van der Waals surface area contributed by atoms with Crippen molar-refractivity contribution in [3.05, 3.63) is 59.2 Å². The molecule has 1 heterocycles. The van der Waals surface area contributed by atoms with E-state index in [-0.39, 0.29) is 0 Å². The molecule has 2 aromatic rings. The molecule has 1 unspecified atom stereocenters. The number of aryl methyl sites for hydroxylation is 2. The van der Waals surface area contributed by atoms with Gasteiger partial charge >= 0.3 is 0 Å². The van der Waals surface area contributed by atoms with Crippen molar-refractivity contribution >= 4 is 12.0 Å². The zero-order valence-corrected chi connectivity index (χ0v) is 14.5. The van der Waals surface area contributed by atoms with Crippen LogP contribution in [0.1, 0.15) is 36.0 Å². The summed E-state index contributed by atoms with van der Waals surface area (Å²) in [6.45, 7) is 5.83. The zero-order chi connectivity index (χ0) is 16.9. The Bertz CT molecular complexity index is 673. The smallest absolute Gasteiger partial charge is 0.122 e. The summed E-state index contributed by atoms with van der Waals surface area (Å²) in [5.74, 6) is 0.879. The maximum absolute atomic E-state index is 10.8. The minimum Gasteiger partial charge on any atom is -0.489 e. The molecule has 1 atom stereocenters. The second kappa shape index (κ2) is 7.52. The molecule has 1 aliphatic rings. The number of benzene rings is 2. The lowest BCUT2D eigenvalue weighted by molar-refractivity contribution is -0.108. The molecule has 0 radical (unpaired) electrons. The van der Waals surface area contributed by atoms with Crippen molar-refractivity contribution in [3.63, 3.8) is 0 Å². The number of aldehydes is 1. The molecule has 0 bridgehead atoms. The van der Waals surface area contributed by atoms with Gasteiger partial charge in [-0.05, 0) is 56.5 Å². The van der Waals surface area contributed by atoms with Crippen LogP contribution in [0.2, 0.25) is 0 Å². The number of hydrogen-bond acceptors (Lipinski definition) is 3. The predicted molar refractivity (Wildman–Crippen MR) is 97.7 cm³/mol. The van der Waals surface area contributed by atoms with Gasteiger partial charge in [0.1, 0.15) is 18.6 Å². The van der Waals surface area contributed by atoms with Crippen LogP contribution in [0.3, 0.4) is 0 Å². The summed E-state index contributed by atoms with van der Waals surface area (Å²) in [6.07, 6.45) is 3.91. The topological polar surface area (TPSA) is 29.5 Å². The van der Waals surface area contributed by atoms with Gasteiger partial charge in [0.25, 0.3) is 0 Å². The van der Waals surface area contributed by atoms with E-state index < -0.39 is 0 Å². The minimum atomic E-state index is 0.351. The maximum atomic E-state index is 10.8. The van der Waals surface area contributed by atoms with Gasteiger partial charge < -0.3 is 14.4 Å². The van der Waals surface area contributed by atoms with Gasteiger partial charge in [0.15, 0.2) is 0 Å². The Labute approximate surface area is 144 Å². The van der Waals surface area contributed by atoms with E-state index in [4.69, 9.17) is 4.74 Å². The Balaban J connectivity index is 1.63. The quantitative estimate of drug-likeness (QED) is 0.736. The first-order chi connectivity index (χ1) is 11.7. The van der Waals surface area contributed by atoms with Crippen LogP contribution in [-0.4, -0.2) is 18.9 Å². The first kappa shape index (κ1) is 16.6. The van der Waals surface area contributed by atoms with Gasteiger partial charge in [-0.3, -0.25) is 0 Å². The van der Waals surface area contributed by atoms with Gasteiger partial charge in [-0.25, -0.2) is 0 Å². The molecule has 1 aliphatic heterocycles. The molecule has 0 N–H and O–H groups in total. The fourth-order valence-electron chi connectivity index (χ4n) is 3.58. The van der Waals surface area contributed by atoms with Crippen LogP contribution in [0.25, 0.3) is 0 Å². The van der Waals surface area contributed by atoms with E-state index in [1.54, 1.807) is 0 Å². The molecule has 126 valence electrons. The van der Waals surface area contributed by atoms with Crippen molar-refractivity contribution in [1.29, 1.82) is 0 Å². The third-order valence-electron chi connectivity index (χ3n) is 4.60. The molecule has 1 saturated heterocycles. The molecule has 0 amide bonds. The molecule has 3 heteroatoms. The standard InChI is InChI=1S/C21H25NO2/c1-16-12-17(2)14-18(13-16)15-24-21-7-5-20(6-8-21)22-10-3-4-19(22)9-11-23/h5-8,11-14,19H,3-4,9-10,15H2,1-2H3. The monoisotopic (exact) mass is 323 g/mol. The summed E-state index contributed by atoms with van der Waals surface area (Å²) < 4.78 is 5.92. The molecule has 2 aromatic carbocycles. The highest BCUT2D eigenvalue weighted by molar-refractivity contribution is 5.56. The first-order valence-electron chi connectivity index (χ1n) is 8.66. The minimum absolute atomic E-state index is 0.351. The number of carbonyl (C=O) groups excluding carboxylic acids is 1. The van der Waals surface area contributed by atoms with Crippen LogP contribution in [0.4, 0.5) is 5.69 Å². The highest BCUT2D eigenvalue weighted by Gasteiger charge is 2.24. The summed E-state index contributed by atoms with van der Waals surface area (Å²) >= 11 is 0. The average Bonchev–Trinajstić information content (AvgIpc) is 3.01. The molecule has 3 rings (SSSR count). The molecular weight excluding hydrogens is 298 g/mol. The average molecular weight is 323 g/mol. The SMILES string of the molecule is Cc1cc(C)cc(COc2ccc(N3CCCC3CC=O)cc2)c1. The van der Waals surface area contributed by atoms with Crippen molar-refractivity contribution in [2.24, 2.45) is 0 Å². The predicted octanol–water partition coefficient (Wildman–Crippen LogP) is 4.44. The van der Waals surface area contributed by atoms with E-state index in [9.17, 15) is 4.79 Å². The normalized spacial score (nSPS) is 17.1. The second-order valence-corrected chi connectivity index (χ2v) is 6.67. The Hall–Kier alpha value is -2.29. The van der Waals surface area contributed by atoms with Gasteiger partial charge in [-0.1, -0.05) is 29.3 Å². The Kier molecular flexibility index (Phi) is 5.19. The van der Waals surface area contributed by atoms with Crippen LogP contribution in [0, 0.1) is 13.8 Å². The van der Waals surface area contributed by atoms with Crippen molar-refractivity contribution in [3.8, 4) is 5.75 Å². The number of rotatable bonds is 6. The van der Waals surface area contributed by atoms with E-state index in [1.807, 2.05) is 12.1 Å². The number of ether oxygens (including phenoxy) is 1. The van der Waals surface area contributed by atoms with Gasteiger partial charge in [0.05, 0.1) is 0 Å². The molecule has 3 nitrogen and oxygen atoms in total. The van der Waals surface area contributed by atoms with E-state index in [2.05, 4.69) is 49.1 Å². The van der Waals surface area contributed by atoms with Gasteiger partial charge in [0.2, 0.25) is 0 Å². The highest BCUT2D eigenvalue weighted by atomic mass is 16.5. The summed E-state index contributed by atoms with van der Waals surface area (Å²) in [5.41, 5.74) is 4.90. The van der Waals surface area contributed by atoms with Gasteiger partial charge in [-0.2, -0.15) is 0 Å². The fraction of sp³-hybridized carbons (Fsp3) is 0.381. The Morgan fingerprint density at radius 2 is 1.83 bits per heavy atom. The third-order valence-corrected chi connectivity index (χ3v) is 4.60. The molecule has 0 saturated carbocycles. The van der Waals surface area contributed by atoms with Crippen LogP contribution in [0.15, 0.2) is 42.5 Å². The van der Waals surface area contributed by atoms with Gasteiger partial charge in [0, 0.05) is 24.7 Å². The van der Waals surface area contributed by atoms with Crippen LogP contribution >= 0.6 is 0 Å². The number of carbonyl (C=O) groups is 1. The van der Waals surface area contributed by atoms with Crippen molar-refractivity contribution < 1.29 is 9.53 Å². The molecule has 0 aromatic heterocycles. The molecule has 24 heavy (non-hydrogen) atoms. The summed E-state index contributed by atoms with van der Waals surface area (Å²) in [7, 11) is 0. The second-order valence-electron chi connectivity index (χ2n) is 6.67. The van der Waals surface area contributed by atoms with E-state index in [1.165, 1.54) is 22.4 Å². The number of anilines is 1.